The summed E-state index contributed by atoms with van der Waals surface area (Å²) in [6.07, 6.45) is 1.45. The normalized spacial score (nSPS) is 12.2. The Kier molecular flexibility index (Phi) is 5.51. The van der Waals surface area contributed by atoms with Crippen LogP contribution in [0.4, 0.5) is 0 Å². The van der Waals surface area contributed by atoms with Gasteiger partial charge in [-0.1, -0.05) is 25.1 Å². The second-order valence-corrected chi connectivity index (χ2v) is 4.25. The fourth-order valence-corrected chi connectivity index (χ4v) is 1.62. The topological polar surface area (TPSA) is 36.3 Å². The van der Waals surface area contributed by atoms with Crippen LogP contribution in [0.1, 0.15) is 18.9 Å². The van der Waals surface area contributed by atoms with Crippen molar-refractivity contribution in [1.82, 2.24) is 4.90 Å². The quantitative estimate of drug-likeness (QED) is 0.756. The largest absolute Gasteiger partial charge is 0.492 e. The Bertz CT molecular complexity index is 382. The average Bonchev–Trinajstić information content (AvgIpc) is 2.34. The van der Waals surface area contributed by atoms with E-state index in [1.54, 1.807) is 0 Å². The molecule has 0 aliphatic rings. The molecule has 0 heterocycles. The van der Waals surface area contributed by atoms with E-state index in [4.69, 9.17) is 10.00 Å². The van der Waals surface area contributed by atoms with Crippen LogP contribution in [0.2, 0.25) is 0 Å². The summed E-state index contributed by atoms with van der Waals surface area (Å²) in [5, 5.41) is 8.75. The molecule has 0 bridgehead atoms. The number of rotatable bonds is 6. The Hall–Kier alpha value is -1.53. The molecule has 0 spiro atoms. The molecule has 0 saturated heterocycles. The minimum absolute atomic E-state index is 0.143. The molecule has 1 aromatic rings. The summed E-state index contributed by atoms with van der Waals surface area (Å²) >= 11 is 0. The lowest BCUT2D eigenvalue weighted by atomic mass is 10.1. The van der Waals surface area contributed by atoms with Crippen LogP contribution in [0.25, 0.3) is 0 Å². The number of nitrogens with zero attached hydrogens (tertiary/aromatic N) is 2. The van der Waals surface area contributed by atoms with Crippen molar-refractivity contribution in [3.63, 3.8) is 0 Å². The molecule has 0 amide bonds. The fourth-order valence-electron chi connectivity index (χ4n) is 1.62. The van der Waals surface area contributed by atoms with Crippen molar-refractivity contribution in [3.05, 3.63) is 29.8 Å². The van der Waals surface area contributed by atoms with Gasteiger partial charge in [0.25, 0.3) is 0 Å². The number of para-hydroxylation sites is 1. The van der Waals surface area contributed by atoms with Gasteiger partial charge >= 0.3 is 0 Å². The highest BCUT2D eigenvalue weighted by Crippen LogP contribution is 2.18. The Balaban J connectivity index is 2.62. The van der Waals surface area contributed by atoms with Crippen LogP contribution in [0, 0.1) is 11.3 Å². The van der Waals surface area contributed by atoms with Gasteiger partial charge in [-0.3, -0.25) is 0 Å². The van der Waals surface area contributed by atoms with Crippen LogP contribution in [0.3, 0.4) is 0 Å². The van der Waals surface area contributed by atoms with Gasteiger partial charge in [0.2, 0.25) is 0 Å². The molecule has 0 saturated carbocycles. The molecule has 17 heavy (non-hydrogen) atoms. The van der Waals surface area contributed by atoms with E-state index in [2.05, 4.69) is 19.1 Å². The lowest BCUT2D eigenvalue weighted by Crippen LogP contribution is -2.33. The highest BCUT2D eigenvalue weighted by molar-refractivity contribution is 5.33. The maximum atomic E-state index is 8.75. The van der Waals surface area contributed by atoms with Gasteiger partial charge in [-0.25, -0.2) is 0 Å². The fraction of sp³-hybridized carbons (Fsp3) is 0.500. The summed E-state index contributed by atoms with van der Waals surface area (Å²) in [7, 11) is 3.94. The molecule has 1 rings (SSSR count). The first-order valence-electron chi connectivity index (χ1n) is 5.93. The van der Waals surface area contributed by atoms with Gasteiger partial charge in [0.15, 0.2) is 0 Å². The second-order valence-electron chi connectivity index (χ2n) is 4.25. The van der Waals surface area contributed by atoms with Crippen LogP contribution >= 0.6 is 0 Å². The van der Waals surface area contributed by atoms with E-state index in [1.807, 2.05) is 37.2 Å². The van der Waals surface area contributed by atoms with E-state index in [0.717, 1.165) is 12.2 Å². The van der Waals surface area contributed by atoms with Gasteiger partial charge in [0.05, 0.1) is 18.5 Å². The maximum absolute atomic E-state index is 8.75. The molecule has 1 atom stereocenters. The van der Waals surface area contributed by atoms with Crippen molar-refractivity contribution in [3.8, 4) is 11.8 Å². The lowest BCUT2D eigenvalue weighted by molar-refractivity contribution is 0.187. The smallest absolute Gasteiger partial charge is 0.122 e. The van der Waals surface area contributed by atoms with Crippen molar-refractivity contribution in [2.75, 3.05) is 20.7 Å². The summed E-state index contributed by atoms with van der Waals surface area (Å²) in [6, 6.07) is 10.4. The molecule has 0 aliphatic heterocycles. The molecule has 3 heteroatoms. The third kappa shape index (κ3) is 4.08. The predicted octanol–water partition coefficient (Wildman–Crippen LogP) is 2.47. The summed E-state index contributed by atoms with van der Waals surface area (Å²) in [5.74, 6) is 0.930. The van der Waals surface area contributed by atoms with Gasteiger partial charge in [0.1, 0.15) is 12.4 Å². The van der Waals surface area contributed by atoms with Crippen molar-refractivity contribution in [1.29, 1.82) is 5.26 Å². The minimum Gasteiger partial charge on any atom is -0.492 e. The lowest BCUT2D eigenvalue weighted by Gasteiger charge is -2.22. The SMILES string of the molecule is CCc1ccccc1OCC(CC#N)N(C)C. The minimum atomic E-state index is 0.143. The maximum Gasteiger partial charge on any atom is 0.122 e. The molecule has 0 aliphatic carbocycles. The molecule has 0 fully saturated rings. The highest BCUT2D eigenvalue weighted by Gasteiger charge is 2.12. The highest BCUT2D eigenvalue weighted by atomic mass is 16.5. The number of benzene rings is 1. The Morgan fingerprint density at radius 2 is 2.06 bits per heavy atom. The number of nitriles is 1. The Morgan fingerprint density at radius 1 is 1.35 bits per heavy atom. The van der Waals surface area contributed by atoms with Crippen LogP contribution in [-0.2, 0) is 6.42 Å². The second kappa shape index (κ2) is 6.93. The van der Waals surface area contributed by atoms with Crippen LogP contribution in [-0.4, -0.2) is 31.6 Å². The third-order valence-corrected chi connectivity index (χ3v) is 2.84. The number of ether oxygens (including phenoxy) is 1. The number of aryl methyl sites for hydroxylation is 1. The van der Waals surface area contributed by atoms with Gasteiger partial charge in [-0.05, 0) is 32.1 Å². The molecule has 0 radical (unpaired) electrons. The number of hydrogen-bond acceptors (Lipinski definition) is 3. The third-order valence-electron chi connectivity index (χ3n) is 2.84. The van der Waals surface area contributed by atoms with Gasteiger partial charge < -0.3 is 9.64 Å². The van der Waals surface area contributed by atoms with Crippen molar-refractivity contribution >= 4 is 0 Å². The van der Waals surface area contributed by atoms with Gasteiger partial charge in [0, 0.05) is 0 Å². The molecular weight excluding hydrogens is 212 g/mol. The molecule has 1 aromatic carbocycles. The summed E-state index contributed by atoms with van der Waals surface area (Å²) in [4.78, 5) is 2.03. The molecule has 0 N–H and O–H groups in total. The zero-order chi connectivity index (χ0) is 12.7. The first-order chi connectivity index (χ1) is 8.19. The zero-order valence-corrected chi connectivity index (χ0v) is 10.8. The van der Waals surface area contributed by atoms with Gasteiger partial charge in [-0.2, -0.15) is 5.26 Å². The molecular formula is C14H20N2O. The molecule has 92 valence electrons. The van der Waals surface area contributed by atoms with Gasteiger partial charge in [-0.15, -0.1) is 0 Å². The van der Waals surface area contributed by atoms with E-state index >= 15 is 0 Å². The summed E-state index contributed by atoms with van der Waals surface area (Å²) < 4.78 is 5.81. The van der Waals surface area contributed by atoms with Crippen LogP contribution in [0.15, 0.2) is 24.3 Å². The van der Waals surface area contributed by atoms with Crippen LogP contribution in [0.5, 0.6) is 5.75 Å². The zero-order valence-electron chi connectivity index (χ0n) is 10.8. The first-order valence-corrected chi connectivity index (χ1v) is 5.93. The van der Waals surface area contributed by atoms with Crippen LogP contribution < -0.4 is 4.74 Å². The van der Waals surface area contributed by atoms with E-state index in [-0.39, 0.29) is 6.04 Å². The standard InChI is InChI=1S/C14H20N2O/c1-4-12-7-5-6-8-14(12)17-11-13(9-10-15)16(2)3/h5-8,13H,4,9,11H2,1-3H3. The first kappa shape index (κ1) is 13.5. The predicted molar refractivity (Wildman–Crippen MR) is 69.0 cm³/mol. The average molecular weight is 232 g/mol. The molecule has 0 aromatic heterocycles. The molecule has 3 nitrogen and oxygen atoms in total. The van der Waals surface area contributed by atoms with E-state index in [9.17, 15) is 0 Å². The van der Waals surface area contributed by atoms with Crippen molar-refractivity contribution < 1.29 is 4.74 Å². The Labute approximate surface area is 104 Å². The molecule has 1 unspecified atom stereocenters. The van der Waals surface area contributed by atoms with Crippen molar-refractivity contribution in [2.45, 2.75) is 25.8 Å². The number of likely N-dealkylation sites (N-methyl/N-ethyl adjacent to an activating group) is 1. The van der Waals surface area contributed by atoms with E-state index in [0.29, 0.717) is 13.0 Å². The van der Waals surface area contributed by atoms with Crippen molar-refractivity contribution in [2.24, 2.45) is 0 Å². The van der Waals surface area contributed by atoms with E-state index < -0.39 is 0 Å². The summed E-state index contributed by atoms with van der Waals surface area (Å²) in [6.45, 7) is 2.67. The van der Waals surface area contributed by atoms with E-state index in [1.165, 1.54) is 5.56 Å². The number of hydrogen-bond donors (Lipinski definition) is 0. The monoisotopic (exact) mass is 232 g/mol. The Morgan fingerprint density at radius 3 is 2.65 bits per heavy atom. The summed E-state index contributed by atoms with van der Waals surface area (Å²) in [5.41, 5.74) is 1.21.